The highest BCUT2D eigenvalue weighted by Gasteiger charge is 2.48. The molecule has 2 saturated carbocycles. The van der Waals surface area contributed by atoms with Crippen molar-refractivity contribution in [1.29, 1.82) is 0 Å². The third-order valence-corrected chi connectivity index (χ3v) is 13.0. The van der Waals surface area contributed by atoms with Crippen molar-refractivity contribution in [2.75, 3.05) is 36.0 Å². The highest BCUT2D eigenvalue weighted by atomic mass is 35.5. The van der Waals surface area contributed by atoms with Crippen LogP contribution in [0.4, 0.5) is 29.2 Å². The van der Waals surface area contributed by atoms with Crippen LogP contribution >= 0.6 is 23.2 Å². The zero-order chi connectivity index (χ0) is 50.2. The quantitative estimate of drug-likeness (QED) is 0.0760. The molecule has 71 heavy (non-hydrogen) atoms. The van der Waals surface area contributed by atoms with Crippen LogP contribution in [0.5, 0.6) is 11.5 Å². The lowest BCUT2D eigenvalue weighted by molar-refractivity contribution is -0.137. The monoisotopic (exact) mass is 1010 g/mol. The van der Waals surface area contributed by atoms with E-state index in [0.717, 1.165) is 36.1 Å². The van der Waals surface area contributed by atoms with Gasteiger partial charge in [0.15, 0.2) is 0 Å². The molecule has 10 rings (SSSR count). The number of carboxylic acid groups (broad SMARTS) is 2. The predicted molar refractivity (Wildman–Crippen MR) is 253 cm³/mol. The number of carboxylic acids is 2. The largest absolute Gasteiger partial charge is 0.487 e. The summed E-state index contributed by atoms with van der Waals surface area (Å²) in [7, 11) is 0. The molecule has 0 spiro atoms. The first-order chi connectivity index (χ1) is 33.9. The number of aromatic carboxylic acids is 2. The number of carbonyl (C=O) groups excluding carboxylic acids is 2. The van der Waals surface area contributed by atoms with Crippen LogP contribution < -0.4 is 29.9 Å². The third-order valence-electron chi connectivity index (χ3n) is 12.6. The normalized spacial score (nSPS) is 16.5. The number of carbonyl (C=O) groups is 4. The van der Waals surface area contributed by atoms with Crippen molar-refractivity contribution in [2.45, 2.75) is 55.1 Å². The average molecular weight is 1010 g/mol. The highest BCUT2D eigenvalue weighted by Crippen LogP contribution is 2.47. The van der Waals surface area contributed by atoms with Gasteiger partial charge in [-0.05, 0) is 116 Å². The summed E-state index contributed by atoms with van der Waals surface area (Å²) >= 11 is 12.3. The van der Waals surface area contributed by atoms with Crippen LogP contribution in [0.3, 0.4) is 0 Å². The molecule has 2 aromatic heterocycles. The van der Waals surface area contributed by atoms with Gasteiger partial charge in [-0.3, -0.25) is 9.59 Å². The van der Waals surface area contributed by atoms with Crippen LogP contribution in [0.2, 0.25) is 10.0 Å². The van der Waals surface area contributed by atoms with Gasteiger partial charge in [0.25, 0.3) is 11.8 Å². The first kappa shape index (κ1) is 48.6. The topological polar surface area (TPSA) is 184 Å². The van der Waals surface area contributed by atoms with E-state index >= 15 is 0 Å². The summed E-state index contributed by atoms with van der Waals surface area (Å²) in [6.07, 6.45) is 0.887. The number of hydrogen-bond donors (Lipinski definition) is 4. The number of benzene rings is 4. The summed E-state index contributed by atoms with van der Waals surface area (Å²) in [6, 6.07) is 26.6. The molecule has 4 aromatic carbocycles. The molecular formula is C51H42Cl2F4N6O8. The minimum Gasteiger partial charge on any atom is -0.487 e. The molecule has 2 saturated heterocycles. The summed E-state index contributed by atoms with van der Waals surface area (Å²) in [5, 5.41) is 25.0. The molecule has 0 unspecified atom stereocenters. The fourth-order valence-electron chi connectivity index (χ4n) is 8.37. The van der Waals surface area contributed by atoms with E-state index in [4.69, 9.17) is 42.9 Å². The third kappa shape index (κ3) is 11.0. The van der Waals surface area contributed by atoms with E-state index in [1.165, 1.54) is 67.0 Å². The zero-order valence-corrected chi connectivity index (χ0v) is 38.8. The number of anilines is 2. The van der Waals surface area contributed by atoms with Gasteiger partial charge in [0.2, 0.25) is 0 Å². The van der Waals surface area contributed by atoms with Gasteiger partial charge in [-0.15, -0.1) is 0 Å². The molecule has 0 radical (unpaired) electrons. The number of alkyl halides is 3. The molecule has 0 atom stereocenters. The fraction of sp³-hybridized carbons (Fsp3) is 0.255. The molecule has 2 aliphatic heterocycles. The van der Waals surface area contributed by atoms with Gasteiger partial charge in [-0.25, -0.2) is 23.9 Å². The Hall–Kier alpha value is -7.44. The van der Waals surface area contributed by atoms with Crippen LogP contribution in [-0.4, -0.2) is 82.3 Å². The molecule has 4 N–H and O–H groups in total. The van der Waals surface area contributed by atoms with E-state index < -0.39 is 34.8 Å². The smallest absolute Gasteiger partial charge is 0.416 e. The van der Waals surface area contributed by atoms with Gasteiger partial charge in [0, 0.05) is 12.4 Å². The molecule has 0 bridgehead atoms. The first-order valence-electron chi connectivity index (χ1n) is 22.3. The molecular weight excluding hydrogens is 971 g/mol. The summed E-state index contributed by atoms with van der Waals surface area (Å²) < 4.78 is 63.6. The maximum atomic E-state index is 13.3. The molecule has 4 fully saturated rings. The van der Waals surface area contributed by atoms with Crippen LogP contribution in [0, 0.1) is 5.82 Å². The number of amides is 2. The van der Waals surface area contributed by atoms with Crippen molar-refractivity contribution in [3.05, 3.63) is 176 Å². The lowest BCUT2D eigenvalue weighted by Gasteiger charge is -2.40. The molecule has 4 heterocycles. The van der Waals surface area contributed by atoms with E-state index in [0.29, 0.717) is 67.0 Å². The van der Waals surface area contributed by atoms with Crippen molar-refractivity contribution >= 4 is 58.6 Å². The number of nitrogens with zero attached hydrogens (tertiary/aromatic N) is 4. The second-order valence-corrected chi connectivity index (χ2v) is 18.5. The molecule has 4 aliphatic rings. The van der Waals surface area contributed by atoms with Gasteiger partial charge in [0.05, 0.1) is 75.1 Å². The van der Waals surface area contributed by atoms with E-state index in [2.05, 4.69) is 20.6 Å². The summed E-state index contributed by atoms with van der Waals surface area (Å²) in [5.74, 6) is -1.43. The second-order valence-electron chi connectivity index (χ2n) is 17.7. The molecule has 20 heteroatoms. The number of ether oxygens (including phenoxy) is 2. The molecule has 14 nitrogen and oxygen atoms in total. The molecule has 6 aromatic rings. The summed E-state index contributed by atoms with van der Waals surface area (Å²) in [5.41, 5.74) is 0.731. The molecule has 2 aliphatic carbocycles. The van der Waals surface area contributed by atoms with Crippen molar-refractivity contribution in [2.24, 2.45) is 0 Å². The Morgan fingerprint density at radius 1 is 0.606 bits per heavy atom. The standard InChI is InChI=1S/C26H21ClF3N3O4.C25H21ClFN3O4/c27-18-11-21(23(34)32-25(8-9-25)16-6-4-15(5-7-16)24(35)36)22(31-12-18)33-13-20(14-33)37-19-3-1-2-17(10-19)26(28,29)30;26-17-11-21(23(31)29-25(9-10-25)16-3-1-15(2-4-16)24(32)33)22(28-12-17)30-13-20(14-30)34-19-7-5-18(27)6-8-19/h1-7,10-12,20H,8-9,13-14H2,(H,32,34)(H,35,36);1-8,11-12,20H,9-10,13-14H2,(H,29,31)(H,32,33). The van der Waals surface area contributed by atoms with Crippen LogP contribution in [-0.2, 0) is 17.3 Å². The number of hydrogen-bond acceptors (Lipinski definition) is 10. The van der Waals surface area contributed by atoms with Crippen molar-refractivity contribution in [3.63, 3.8) is 0 Å². The first-order valence-corrected chi connectivity index (χ1v) is 23.0. The van der Waals surface area contributed by atoms with Crippen LogP contribution in [0.25, 0.3) is 0 Å². The van der Waals surface area contributed by atoms with E-state index in [1.54, 1.807) is 47.4 Å². The van der Waals surface area contributed by atoms with Gasteiger partial charge >= 0.3 is 18.1 Å². The van der Waals surface area contributed by atoms with Crippen LogP contribution in [0.1, 0.15) is 83.8 Å². The van der Waals surface area contributed by atoms with Gasteiger partial charge < -0.3 is 40.1 Å². The zero-order valence-electron chi connectivity index (χ0n) is 37.3. The Morgan fingerprint density at radius 3 is 1.42 bits per heavy atom. The van der Waals surface area contributed by atoms with Crippen LogP contribution in [0.15, 0.2) is 122 Å². The van der Waals surface area contributed by atoms with Crippen molar-refractivity contribution < 1.29 is 56.4 Å². The SMILES string of the molecule is O=C(O)c1ccc(C2(NC(=O)c3cc(Cl)cnc3N3CC(Oc4ccc(F)cc4)C3)CC2)cc1.O=C(O)c1ccc(C2(NC(=O)c3cc(Cl)cnc3N3CC(Oc4cccc(C(F)(F)F)c4)C3)CC2)cc1. The predicted octanol–water partition coefficient (Wildman–Crippen LogP) is 9.40. The average Bonchev–Trinajstić information content (AvgIpc) is 4.27. The second kappa shape index (κ2) is 19.4. The Morgan fingerprint density at radius 2 is 1.03 bits per heavy atom. The van der Waals surface area contributed by atoms with Gasteiger partial charge in [0.1, 0.15) is 41.2 Å². The van der Waals surface area contributed by atoms with E-state index in [-0.39, 0.29) is 57.3 Å². The maximum Gasteiger partial charge on any atom is 0.416 e. The number of pyridine rings is 2. The van der Waals surface area contributed by atoms with E-state index in [9.17, 15) is 36.7 Å². The minimum absolute atomic E-state index is 0.110. The highest BCUT2D eigenvalue weighted by molar-refractivity contribution is 6.31. The minimum atomic E-state index is -4.46. The maximum absolute atomic E-state index is 13.3. The van der Waals surface area contributed by atoms with Gasteiger partial charge in [-0.2, -0.15) is 13.2 Å². The van der Waals surface area contributed by atoms with Crippen molar-refractivity contribution in [1.82, 2.24) is 20.6 Å². The number of rotatable bonds is 14. The van der Waals surface area contributed by atoms with Gasteiger partial charge in [-0.1, -0.05) is 53.5 Å². The Bertz CT molecular complexity index is 3000. The number of halogens is 6. The van der Waals surface area contributed by atoms with E-state index in [1.807, 2.05) is 4.90 Å². The lowest BCUT2D eigenvalue weighted by atomic mass is 10.0. The number of aromatic nitrogens is 2. The van der Waals surface area contributed by atoms with Crippen molar-refractivity contribution in [3.8, 4) is 11.5 Å². The molecule has 2 amide bonds. The number of nitrogens with one attached hydrogen (secondary N) is 2. The Balaban J connectivity index is 0.000000176. The Labute approximate surface area is 413 Å². The summed E-state index contributed by atoms with van der Waals surface area (Å²) in [4.78, 5) is 61.3. The summed E-state index contributed by atoms with van der Waals surface area (Å²) in [6.45, 7) is 1.70. The molecule has 366 valence electrons. The Kier molecular flexibility index (Phi) is 13.3. The lowest BCUT2D eigenvalue weighted by Crippen LogP contribution is -2.55. The fourth-order valence-corrected chi connectivity index (χ4v) is 8.69.